The summed E-state index contributed by atoms with van der Waals surface area (Å²) in [7, 11) is 0.241. The van der Waals surface area contributed by atoms with E-state index in [1.54, 1.807) is 12.1 Å². The molecule has 2 aromatic rings. The molecule has 1 amide bonds. The smallest absolute Gasteiger partial charge is 0.328 e. The van der Waals surface area contributed by atoms with Gasteiger partial charge in [-0.05, 0) is 24.6 Å². The standard InChI is InChI=1S/C21H26N2O5S/c1-16-10-12-18(13-11-16)29(26,27)22(2)15-20(24)23(3)19(21(25)28-4)14-17-8-6-5-7-9-17/h5-13,19H,14-15H2,1-4H3/t19-/m0/s1. The molecular formula is C21H26N2O5S. The molecule has 0 aliphatic heterocycles. The topological polar surface area (TPSA) is 84.0 Å². The van der Waals surface area contributed by atoms with E-state index in [0.717, 1.165) is 15.4 Å². The van der Waals surface area contributed by atoms with Crippen molar-refractivity contribution in [3.8, 4) is 0 Å². The fraction of sp³-hybridized carbons (Fsp3) is 0.333. The zero-order chi connectivity index (χ0) is 21.6. The van der Waals surface area contributed by atoms with Crippen LogP contribution in [0.4, 0.5) is 0 Å². The molecule has 8 heteroatoms. The molecule has 29 heavy (non-hydrogen) atoms. The molecule has 0 N–H and O–H groups in total. The van der Waals surface area contributed by atoms with E-state index in [-0.39, 0.29) is 11.3 Å². The van der Waals surface area contributed by atoms with Crippen LogP contribution in [0.15, 0.2) is 59.5 Å². The Bertz CT molecular complexity index is 943. The predicted molar refractivity (Wildman–Crippen MR) is 110 cm³/mol. The van der Waals surface area contributed by atoms with Gasteiger partial charge in [-0.25, -0.2) is 13.2 Å². The fourth-order valence-corrected chi connectivity index (χ4v) is 3.92. The molecule has 0 spiro atoms. The minimum atomic E-state index is -3.83. The Morgan fingerprint density at radius 3 is 2.14 bits per heavy atom. The number of rotatable bonds is 8. The Balaban J connectivity index is 2.15. The maximum atomic E-state index is 12.7. The highest BCUT2D eigenvalue weighted by Gasteiger charge is 2.31. The van der Waals surface area contributed by atoms with Crippen molar-refractivity contribution in [2.75, 3.05) is 27.7 Å². The molecule has 0 aromatic heterocycles. The number of sulfonamides is 1. The second-order valence-corrected chi connectivity index (χ2v) is 8.85. The lowest BCUT2D eigenvalue weighted by Gasteiger charge is -2.28. The molecule has 0 unspecified atom stereocenters. The maximum Gasteiger partial charge on any atom is 0.328 e. The summed E-state index contributed by atoms with van der Waals surface area (Å²) in [6, 6.07) is 14.8. The highest BCUT2D eigenvalue weighted by Crippen LogP contribution is 2.16. The van der Waals surface area contributed by atoms with Crippen molar-refractivity contribution in [3.63, 3.8) is 0 Å². The molecule has 7 nitrogen and oxygen atoms in total. The first-order valence-corrected chi connectivity index (χ1v) is 10.5. The van der Waals surface area contributed by atoms with E-state index < -0.39 is 34.5 Å². The molecule has 0 aliphatic rings. The number of amides is 1. The van der Waals surface area contributed by atoms with Crippen molar-refractivity contribution in [1.29, 1.82) is 0 Å². The van der Waals surface area contributed by atoms with Crippen molar-refractivity contribution in [1.82, 2.24) is 9.21 Å². The van der Waals surface area contributed by atoms with Crippen LogP contribution in [0.2, 0.25) is 0 Å². The van der Waals surface area contributed by atoms with E-state index in [2.05, 4.69) is 0 Å². The molecular weight excluding hydrogens is 392 g/mol. The number of hydrogen-bond acceptors (Lipinski definition) is 5. The van der Waals surface area contributed by atoms with E-state index in [0.29, 0.717) is 0 Å². The van der Waals surface area contributed by atoms with E-state index >= 15 is 0 Å². The summed E-state index contributed by atoms with van der Waals surface area (Å²) in [6.07, 6.45) is 0.268. The summed E-state index contributed by atoms with van der Waals surface area (Å²) in [6.45, 7) is 1.47. The first-order valence-electron chi connectivity index (χ1n) is 9.07. The van der Waals surface area contributed by atoms with Crippen LogP contribution in [0.1, 0.15) is 11.1 Å². The van der Waals surface area contributed by atoms with Crippen molar-refractivity contribution in [2.24, 2.45) is 0 Å². The Labute approximate surface area is 171 Å². The SMILES string of the molecule is COC(=O)[C@H](Cc1ccccc1)N(C)C(=O)CN(C)S(=O)(=O)c1ccc(C)cc1. The number of hydrogen-bond donors (Lipinski definition) is 0. The predicted octanol–water partition coefficient (Wildman–Crippen LogP) is 1.86. The molecule has 0 radical (unpaired) electrons. The number of carbonyl (C=O) groups is 2. The third-order valence-corrected chi connectivity index (χ3v) is 6.51. The van der Waals surface area contributed by atoms with E-state index in [4.69, 9.17) is 4.74 Å². The molecule has 0 bridgehead atoms. The zero-order valence-electron chi connectivity index (χ0n) is 17.0. The minimum Gasteiger partial charge on any atom is -0.467 e. The molecule has 0 fully saturated rings. The van der Waals surface area contributed by atoms with Crippen molar-refractivity contribution in [3.05, 3.63) is 65.7 Å². The van der Waals surface area contributed by atoms with Gasteiger partial charge in [0.25, 0.3) is 0 Å². The number of benzene rings is 2. The van der Waals surface area contributed by atoms with Crippen molar-refractivity contribution < 1.29 is 22.7 Å². The number of likely N-dealkylation sites (N-methyl/N-ethyl adjacent to an activating group) is 2. The van der Waals surface area contributed by atoms with E-state index in [9.17, 15) is 18.0 Å². The third-order valence-electron chi connectivity index (χ3n) is 4.69. The first kappa shape index (κ1) is 22.6. The van der Waals surface area contributed by atoms with Crippen LogP contribution in [0, 0.1) is 6.92 Å². The molecule has 0 saturated carbocycles. The second-order valence-electron chi connectivity index (χ2n) is 6.81. The van der Waals surface area contributed by atoms with Gasteiger partial charge in [0.15, 0.2) is 0 Å². The molecule has 156 valence electrons. The maximum absolute atomic E-state index is 12.7. The van der Waals surface area contributed by atoms with Gasteiger partial charge in [-0.2, -0.15) is 4.31 Å². The molecule has 0 saturated heterocycles. The number of esters is 1. The van der Waals surface area contributed by atoms with Gasteiger partial charge in [0.1, 0.15) is 6.04 Å². The fourth-order valence-electron chi connectivity index (χ4n) is 2.80. The lowest BCUT2D eigenvalue weighted by molar-refractivity contribution is -0.151. The number of methoxy groups -OCH3 is 1. The summed E-state index contributed by atoms with van der Waals surface area (Å²) in [4.78, 5) is 26.3. The van der Waals surface area contributed by atoms with Gasteiger partial charge in [-0.3, -0.25) is 4.79 Å². The van der Waals surface area contributed by atoms with Crippen LogP contribution in [0.25, 0.3) is 0 Å². The molecule has 1 atom stereocenters. The van der Waals surface area contributed by atoms with Gasteiger partial charge in [0.2, 0.25) is 15.9 Å². The number of nitrogens with zero attached hydrogens (tertiary/aromatic N) is 2. The van der Waals surface area contributed by atoms with Crippen LogP contribution in [0.3, 0.4) is 0 Å². The van der Waals surface area contributed by atoms with Crippen molar-refractivity contribution >= 4 is 21.9 Å². The highest BCUT2D eigenvalue weighted by molar-refractivity contribution is 7.89. The molecule has 0 heterocycles. The average molecular weight is 419 g/mol. The largest absolute Gasteiger partial charge is 0.467 e. The number of ether oxygens (including phenoxy) is 1. The number of carbonyl (C=O) groups excluding carboxylic acids is 2. The normalized spacial score (nSPS) is 12.4. The Hall–Kier alpha value is -2.71. The van der Waals surface area contributed by atoms with Gasteiger partial charge in [0, 0.05) is 20.5 Å². The first-order chi connectivity index (χ1) is 13.7. The monoisotopic (exact) mass is 418 g/mol. The lowest BCUT2D eigenvalue weighted by atomic mass is 10.0. The van der Waals surface area contributed by atoms with Crippen LogP contribution < -0.4 is 0 Å². The Morgan fingerprint density at radius 1 is 1.00 bits per heavy atom. The minimum absolute atomic E-state index is 0.106. The Morgan fingerprint density at radius 2 is 1.59 bits per heavy atom. The number of aryl methyl sites for hydroxylation is 1. The third kappa shape index (κ3) is 5.65. The van der Waals surface area contributed by atoms with Gasteiger partial charge in [-0.1, -0.05) is 48.0 Å². The van der Waals surface area contributed by atoms with Crippen molar-refractivity contribution in [2.45, 2.75) is 24.3 Å². The highest BCUT2D eigenvalue weighted by atomic mass is 32.2. The van der Waals surface area contributed by atoms with E-state index in [1.807, 2.05) is 37.3 Å². The zero-order valence-corrected chi connectivity index (χ0v) is 17.8. The average Bonchev–Trinajstić information content (AvgIpc) is 2.71. The Kier molecular flexibility index (Phi) is 7.53. The van der Waals surface area contributed by atoms with E-state index in [1.165, 1.54) is 38.2 Å². The summed E-state index contributed by atoms with van der Waals surface area (Å²) in [5.41, 5.74) is 1.80. The van der Waals surface area contributed by atoms with Gasteiger partial charge < -0.3 is 9.64 Å². The summed E-state index contributed by atoms with van der Waals surface area (Å²) >= 11 is 0. The van der Waals surface area contributed by atoms with Crippen LogP contribution in [0.5, 0.6) is 0 Å². The van der Waals surface area contributed by atoms with Gasteiger partial charge in [0.05, 0.1) is 18.6 Å². The van der Waals surface area contributed by atoms with Crippen LogP contribution in [-0.2, 0) is 30.8 Å². The summed E-state index contributed by atoms with van der Waals surface area (Å²) in [5.74, 6) is -1.07. The molecule has 2 aromatic carbocycles. The second kappa shape index (κ2) is 9.67. The molecule has 0 aliphatic carbocycles. The van der Waals surface area contributed by atoms with Gasteiger partial charge >= 0.3 is 5.97 Å². The quantitative estimate of drug-likeness (QED) is 0.611. The van der Waals surface area contributed by atoms with Crippen LogP contribution >= 0.6 is 0 Å². The molecule has 2 rings (SSSR count). The summed E-state index contributed by atoms with van der Waals surface area (Å²) in [5, 5.41) is 0. The van der Waals surface area contributed by atoms with Gasteiger partial charge in [-0.15, -0.1) is 0 Å². The lowest BCUT2D eigenvalue weighted by Crippen LogP contribution is -2.48. The summed E-state index contributed by atoms with van der Waals surface area (Å²) < 4.78 is 31.3. The van der Waals surface area contributed by atoms with Crippen LogP contribution in [-0.4, -0.2) is 63.3 Å².